The number of rotatable bonds is 12. The van der Waals surface area contributed by atoms with Gasteiger partial charge in [-0.25, -0.2) is 4.79 Å². The van der Waals surface area contributed by atoms with Crippen LogP contribution in [-0.4, -0.2) is 51.9 Å². The van der Waals surface area contributed by atoms with Crippen molar-refractivity contribution in [2.75, 3.05) is 19.8 Å². The summed E-state index contributed by atoms with van der Waals surface area (Å²) in [4.78, 5) is 12.8. The van der Waals surface area contributed by atoms with Crippen LogP contribution in [-0.2, 0) is 18.6 Å². The predicted octanol–water partition coefficient (Wildman–Crippen LogP) is 8.18. The molecule has 0 aliphatic carbocycles. The van der Waals surface area contributed by atoms with Gasteiger partial charge in [0, 0.05) is 11.1 Å². The quantitative estimate of drug-likeness (QED) is 0.148. The van der Waals surface area contributed by atoms with E-state index in [0.29, 0.717) is 6.61 Å². The van der Waals surface area contributed by atoms with E-state index in [1.165, 1.54) is 32.1 Å². The summed E-state index contributed by atoms with van der Waals surface area (Å²) in [5, 5.41) is 2.92. The molecule has 1 unspecified atom stereocenters. The van der Waals surface area contributed by atoms with Crippen LogP contribution in [0, 0.1) is 17.3 Å². The van der Waals surface area contributed by atoms with E-state index in [1.807, 2.05) is 46.8 Å². The van der Waals surface area contributed by atoms with Gasteiger partial charge >= 0.3 is 6.09 Å². The molecule has 1 heterocycles. The molecule has 42 heavy (non-hydrogen) atoms. The van der Waals surface area contributed by atoms with Crippen LogP contribution in [0.2, 0.25) is 13.1 Å². The van der Waals surface area contributed by atoms with E-state index in [2.05, 4.69) is 64.0 Å². The topological polar surface area (TPSA) is 75.3 Å². The number of amides is 1. The second-order valence-electron chi connectivity index (χ2n) is 14.1. The zero-order valence-corrected chi connectivity index (χ0v) is 29.1. The number of ether oxygens (including phenoxy) is 4. The van der Waals surface area contributed by atoms with Gasteiger partial charge in [0.05, 0.1) is 25.9 Å². The second-order valence-corrected chi connectivity index (χ2v) is 16.1. The fourth-order valence-corrected chi connectivity index (χ4v) is 5.47. The molecule has 2 rings (SSSR count). The van der Waals surface area contributed by atoms with Crippen molar-refractivity contribution in [1.82, 2.24) is 5.32 Å². The van der Waals surface area contributed by atoms with Crippen LogP contribution >= 0.6 is 0 Å². The van der Waals surface area contributed by atoms with Gasteiger partial charge in [0.1, 0.15) is 11.4 Å². The smallest absolute Gasteiger partial charge is 0.409 e. The number of alkyl carbamates (subject to hydrolysis) is 1. The first-order chi connectivity index (χ1) is 19.5. The molecule has 7 nitrogen and oxygen atoms in total. The van der Waals surface area contributed by atoms with E-state index < -0.39 is 32.1 Å². The number of hydrogen-bond donors (Lipinski definition) is 1. The molecule has 1 aromatic carbocycles. The Balaban J connectivity index is 2.40. The van der Waals surface area contributed by atoms with Gasteiger partial charge in [0.15, 0.2) is 11.3 Å². The van der Waals surface area contributed by atoms with Crippen molar-refractivity contribution in [1.29, 1.82) is 0 Å². The summed E-state index contributed by atoms with van der Waals surface area (Å²) in [5.41, 5.74) is -0.0602. The highest BCUT2D eigenvalue weighted by molar-refractivity contribution is 6.48. The van der Waals surface area contributed by atoms with Crippen molar-refractivity contribution in [2.24, 2.45) is 5.41 Å². The first-order valence-corrected chi connectivity index (χ1v) is 17.9. The Kier molecular flexibility index (Phi) is 13.4. The molecule has 1 saturated heterocycles. The highest BCUT2D eigenvalue weighted by Gasteiger charge is 2.41. The minimum Gasteiger partial charge on any atom is -0.493 e. The average molecular weight is 603 g/mol. The highest BCUT2D eigenvalue weighted by atomic mass is 28.3. The summed E-state index contributed by atoms with van der Waals surface area (Å²) in [5.74, 6) is 6.63. The van der Waals surface area contributed by atoms with Crippen LogP contribution in [0.5, 0.6) is 5.75 Å². The third-order valence-electron chi connectivity index (χ3n) is 6.71. The normalized spacial score (nSPS) is 17.2. The van der Waals surface area contributed by atoms with Crippen LogP contribution in [0.25, 0.3) is 0 Å². The van der Waals surface area contributed by atoms with Gasteiger partial charge < -0.3 is 28.7 Å². The summed E-state index contributed by atoms with van der Waals surface area (Å²) < 4.78 is 30.3. The lowest BCUT2D eigenvalue weighted by atomic mass is 9.84. The van der Waals surface area contributed by atoms with Crippen molar-refractivity contribution in [3.8, 4) is 17.6 Å². The lowest BCUT2D eigenvalue weighted by Crippen LogP contribution is -2.60. The van der Waals surface area contributed by atoms with Crippen molar-refractivity contribution >= 4 is 15.1 Å². The molecule has 1 amide bonds. The molecule has 1 aromatic rings. The second kappa shape index (κ2) is 15.6. The maximum Gasteiger partial charge on any atom is 0.409 e. The molecule has 237 valence electrons. The third kappa shape index (κ3) is 12.7. The molecule has 0 spiro atoms. The molecule has 1 aliphatic heterocycles. The van der Waals surface area contributed by atoms with Gasteiger partial charge in [0.2, 0.25) is 9.04 Å². The van der Waals surface area contributed by atoms with Crippen LogP contribution in [0.15, 0.2) is 18.2 Å². The number of unbranched alkanes of at least 4 members (excludes halogenated alkanes) is 5. The fourth-order valence-electron chi connectivity index (χ4n) is 4.51. The van der Waals surface area contributed by atoms with Crippen molar-refractivity contribution in [3.05, 3.63) is 29.3 Å². The molecule has 0 aromatic heterocycles. The number of hydrogen-bond acceptors (Lipinski definition) is 6. The molecule has 1 aliphatic rings. The van der Waals surface area contributed by atoms with Gasteiger partial charge in [-0.1, -0.05) is 71.6 Å². The number of carbonyl (C=O) groups excluding carboxylic acids is 1. The Morgan fingerprint density at radius 3 is 2.21 bits per heavy atom. The number of nitrogens with one attached hydrogen (secondary N) is 1. The number of carbonyl (C=O) groups is 1. The predicted molar refractivity (Wildman–Crippen MR) is 171 cm³/mol. The molecule has 0 saturated carbocycles. The Morgan fingerprint density at radius 2 is 1.64 bits per heavy atom. The van der Waals surface area contributed by atoms with Gasteiger partial charge in [-0.15, -0.1) is 0 Å². The molecule has 8 heteroatoms. The maximum absolute atomic E-state index is 12.8. The van der Waals surface area contributed by atoms with E-state index >= 15 is 0 Å². The largest absolute Gasteiger partial charge is 0.493 e. The Hall–Kier alpha value is -2.05. The first kappa shape index (κ1) is 36.1. The zero-order chi connectivity index (χ0) is 31.6. The molecule has 0 bridgehead atoms. The Bertz CT molecular complexity index is 1050. The monoisotopic (exact) mass is 602 g/mol. The first-order valence-electron chi connectivity index (χ1n) is 15.5. The van der Waals surface area contributed by atoms with Gasteiger partial charge in [-0.2, -0.15) is 0 Å². The summed E-state index contributed by atoms with van der Waals surface area (Å²) in [6, 6.07) is 6.04. The molecular formula is C34H56NO6Si. The Morgan fingerprint density at radius 1 is 1.02 bits per heavy atom. The van der Waals surface area contributed by atoms with Gasteiger partial charge in [-0.05, 0) is 77.7 Å². The van der Waals surface area contributed by atoms with Crippen molar-refractivity contribution < 1.29 is 28.2 Å². The van der Waals surface area contributed by atoms with Gasteiger partial charge in [-0.3, -0.25) is 0 Å². The lowest BCUT2D eigenvalue weighted by Gasteiger charge is -2.41. The van der Waals surface area contributed by atoms with E-state index in [9.17, 15) is 4.79 Å². The summed E-state index contributed by atoms with van der Waals surface area (Å²) in [6.07, 6.45) is 6.54. The van der Waals surface area contributed by atoms with Crippen LogP contribution in [0.1, 0.15) is 118 Å². The minimum atomic E-state index is -1.06. The van der Waals surface area contributed by atoms with Crippen LogP contribution < -0.4 is 10.1 Å². The summed E-state index contributed by atoms with van der Waals surface area (Å²) >= 11 is 0. The minimum absolute atomic E-state index is 0.150. The lowest BCUT2D eigenvalue weighted by molar-refractivity contribution is -0.262. The molecule has 1 N–H and O–H groups in total. The van der Waals surface area contributed by atoms with E-state index in [1.54, 1.807) is 0 Å². The summed E-state index contributed by atoms with van der Waals surface area (Å²) in [7, 11) is -0.993. The average Bonchev–Trinajstić information content (AvgIpc) is 2.86. The summed E-state index contributed by atoms with van der Waals surface area (Å²) in [6.45, 7) is 23.3. The zero-order valence-electron chi connectivity index (χ0n) is 28.1. The van der Waals surface area contributed by atoms with E-state index in [4.69, 9.17) is 23.4 Å². The number of benzene rings is 1. The third-order valence-corrected chi connectivity index (χ3v) is 7.41. The molecule has 1 atom stereocenters. The van der Waals surface area contributed by atoms with Crippen molar-refractivity contribution in [2.45, 2.75) is 137 Å². The standard InChI is InChI=1S/C34H56NO6Si/c1-12-13-14-15-16-17-22-37-28-19-18-26(23-27(28)29(31(2,3)4)41-42(10)11)20-21-34(24-38-33(8,9)39-25-34)35-30(36)40-32(5,6)7/h18-19,23,29H,12-17,22,24-25H2,1-11H3,(H,35,36). The van der Waals surface area contributed by atoms with E-state index in [0.717, 1.165) is 23.3 Å². The Labute approximate surface area is 257 Å². The van der Waals surface area contributed by atoms with Crippen molar-refractivity contribution in [3.63, 3.8) is 0 Å². The molecular weight excluding hydrogens is 546 g/mol. The highest BCUT2D eigenvalue weighted by Crippen LogP contribution is 2.41. The van der Waals surface area contributed by atoms with Crippen LogP contribution in [0.4, 0.5) is 4.79 Å². The van der Waals surface area contributed by atoms with Crippen LogP contribution in [0.3, 0.4) is 0 Å². The van der Waals surface area contributed by atoms with E-state index in [-0.39, 0.29) is 24.7 Å². The van der Waals surface area contributed by atoms with Gasteiger partial charge in [0.25, 0.3) is 0 Å². The maximum atomic E-state index is 12.8. The molecule has 1 fully saturated rings. The molecule has 1 radical (unpaired) electrons. The fraction of sp³-hybridized carbons (Fsp3) is 0.735. The SMILES string of the molecule is CCCCCCCCOc1ccc(C#CC2(NC(=O)OC(C)(C)C)COC(C)(C)OC2)cc1C(O[Si](C)C)C(C)(C)C.